The first kappa shape index (κ1) is 16.0. The van der Waals surface area contributed by atoms with Gasteiger partial charge in [0.25, 0.3) is 0 Å². The average molecular weight is 307 g/mol. The maximum absolute atomic E-state index is 11.9. The number of nitrogens with zero attached hydrogens (tertiary/aromatic N) is 3. The van der Waals surface area contributed by atoms with Gasteiger partial charge in [-0.15, -0.1) is 0 Å². The van der Waals surface area contributed by atoms with Crippen LogP contribution in [-0.4, -0.2) is 26.5 Å². The van der Waals surface area contributed by atoms with E-state index in [0.717, 1.165) is 11.3 Å². The molecule has 0 spiro atoms. The Morgan fingerprint density at radius 3 is 2.77 bits per heavy atom. The molecule has 2 rings (SSSR count). The highest BCUT2D eigenvalue weighted by atomic mass is 16.6. The Hall–Kier alpha value is -2.35. The number of aryl methyl sites for hydroxylation is 1. The van der Waals surface area contributed by atoms with Crippen LogP contribution in [0.25, 0.3) is 0 Å². The highest BCUT2D eigenvalue weighted by Gasteiger charge is 2.18. The lowest BCUT2D eigenvalue weighted by Gasteiger charge is -2.20. The minimum Gasteiger partial charge on any atom is -0.447 e. The van der Waals surface area contributed by atoms with Gasteiger partial charge in [0.05, 0.1) is 18.9 Å². The molecule has 120 valence electrons. The summed E-state index contributed by atoms with van der Waals surface area (Å²) >= 11 is 0. The van der Waals surface area contributed by atoms with E-state index in [-0.39, 0.29) is 0 Å². The van der Waals surface area contributed by atoms with Crippen LogP contribution < -0.4 is 10.6 Å². The normalized spacial score (nSPS) is 11.5. The third kappa shape index (κ3) is 4.59. The van der Waals surface area contributed by atoms with Crippen LogP contribution in [0.3, 0.4) is 0 Å². The zero-order valence-corrected chi connectivity index (χ0v) is 13.2. The third-order valence-corrected chi connectivity index (χ3v) is 2.73. The predicted octanol–water partition coefficient (Wildman–Crippen LogP) is 2.04. The van der Waals surface area contributed by atoms with E-state index in [0.29, 0.717) is 18.9 Å². The maximum Gasteiger partial charge on any atom is 0.413 e. The minimum atomic E-state index is -0.548. The predicted molar refractivity (Wildman–Crippen MR) is 80.1 cm³/mol. The van der Waals surface area contributed by atoms with E-state index >= 15 is 0 Å². The number of nitrogens with one attached hydrogen (secondary N) is 2. The Bertz CT molecular complexity index is 613. The van der Waals surface area contributed by atoms with Crippen molar-refractivity contribution in [2.75, 3.05) is 5.32 Å². The topological polar surface area (TPSA) is 94.2 Å². The van der Waals surface area contributed by atoms with Crippen molar-refractivity contribution in [1.82, 2.24) is 20.1 Å². The number of oxazole rings is 1. The van der Waals surface area contributed by atoms with Crippen molar-refractivity contribution >= 4 is 11.9 Å². The van der Waals surface area contributed by atoms with Crippen molar-refractivity contribution in [2.45, 2.75) is 39.5 Å². The smallest absolute Gasteiger partial charge is 0.413 e. The molecule has 0 fully saturated rings. The third-order valence-electron chi connectivity index (χ3n) is 2.73. The Morgan fingerprint density at radius 2 is 2.14 bits per heavy atom. The Labute approximate surface area is 128 Å². The summed E-state index contributed by atoms with van der Waals surface area (Å²) in [7, 11) is 1.76. The van der Waals surface area contributed by atoms with Crippen LogP contribution in [0.5, 0.6) is 0 Å². The zero-order chi connectivity index (χ0) is 16.2. The molecular formula is C14H21N5O3. The molecule has 0 aliphatic carbocycles. The average Bonchev–Trinajstić information content (AvgIpc) is 3.01. The van der Waals surface area contributed by atoms with E-state index in [1.54, 1.807) is 24.1 Å². The SMILES string of the molecule is Cn1ncc(CNCc2cnco2)c1NC(=O)OC(C)(C)C. The number of amides is 1. The fraction of sp³-hybridized carbons (Fsp3) is 0.500. The van der Waals surface area contributed by atoms with Crippen molar-refractivity contribution in [1.29, 1.82) is 0 Å². The standard InChI is InChI=1S/C14H21N5O3/c1-14(2,3)22-13(20)18-12-10(6-17-19(12)4)5-15-7-11-8-16-9-21-11/h6,8-9,15H,5,7H2,1-4H3,(H,18,20). The van der Waals surface area contributed by atoms with Crippen LogP contribution in [0.1, 0.15) is 32.1 Å². The molecule has 0 radical (unpaired) electrons. The van der Waals surface area contributed by atoms with Crippen LogP contribution in [0.2, 0.25) is 0 Å². The molecule has 0 aliphatic rings. The molecule has 2 aromatic heterocycles. The highest BCUT2D eigenvalue weighted by molar-refractivity contribution is 5.84. The molecule has 2 aromatic rings. The van der Waals surface area contributed by atoms with E-state index in [1.807, 2.05) is 20.8 Å². The first-order chi connectivity index (χ1) is 10.3. The number of hydrogen-bond acceptors (Lipinski definition) is 6. The summed E-state index contributed by atoms with van der Waals surface area (Å²) in [4.78, 5) is 15.7. The summed E-state index contributed by atoms with van der Waals surface area (Å²) in [6.07, 6.45) is 4.22. The number of carbonyl (C=O) groups is 1. The van der Waals surface area contributed by atoms with Gasteiger partial charge in [-0.3, -0.25) is 10.00 Å². The minimum absolute atomic E-state index is 0.507. The van der Waals surface area contributed by atoms with Gasteiger partial charge in [0.1, 0.15) is 17.2 Å². The largest absolute Gasteiger partial charge is 0.447 e. The summed E-state index contributed by atoms with van der Waals surface area (Å²) in [5.41, 5.74) is 0.306. The summed E-state index contributed by atoms with van der Waals surface area (Å²) in [5.74, 6) is 1.34. The summed E-state index contributed by atoms with van der Waals surface area (Å²) in [6, 6.07) is 0. The second-order valence-corrected chi connectivity index (χ2v) is 5.84. The second kappa shape index (κ2) is 6.61. The molecule has 0 unspecified atom stereocenters. The molecular weight excluding hydrogens is 286 g/mol. The fourth-order valence-electron chi connectivity index (χ4n) is 1.82. The van der Waals surface area contributed by atoms with E-state index in [4.69, 9.17) is 9.15 Å². The number of rotatable bonds is 5. The molecule has 1 amide bonds. The maximum atomic E-state index is 11.9. The lowest BCUT2D eigenvalue weighted by Crippen LogP contribution is -2.28. The Morgan fingerprint density at radius 1 is 1.36 bits per heavy atom. The van der Waals surface area contributed by atoms with Crippen LogP contribution in [0.4, 0.5) is 10.6 Å². The highest BCUT2D eigenvalue weighted by Crippen LogP contribution is 2.16. The summed E-state index contributed by atoms with van der Waals surface area (Å²) in [6.45, 7) is 6.52. The number of ether oxygens (including phenoxy) is 1. The van der Waals surface area contributed by atoms with Crippen LogP contribution in [-0.2, 0) is 24.9 Å². The molecule has 2 N–H and O–H groups in total. The summed E-state index contributed by atoms with van der Waals surface area (Å²) < 4.78 is 12.0. The first-order valence-corrected chi connectivity index (χ1v) is 6.94. The lowest BCUT2D eigenvalue weighted by atomic mass is 10.2. The monoisotopic (exact) mass is 307 g/mol. The number of anilines is 1. The first-order valence-electron chi connectivity index (χ1n) is 6.94. The van der Waals surface area contributed by atoms with Gasteiger partial charge in [-0.25, -0.2) is 9.78 Å². The Kier molecular flexibility index (Phi) is 4.81. The second-order valence-electron chi connectivity index (χ2n) is 5.84. The van der Waals surface area contributed by atoms with Gasteiger partial charge >= 0.3 is 6.09 Å². The number of hydrogen-bond donors (Lipinski definition) is 2. The van der Waals surface area contributed by atoms with Gasteiger partial charge in [0, 0.05) is 19.2 Å². The van der Waals surface area contributed by atoms with E-state index in [2.05, 4.69) is 20.7 Å². The van der Waals surface area contributed by atoms with Crippen LogP contribution in [0, 0.1) is 0 Å². The van der Waals surface area contributed by atoms with Gasteiger partial charge in [-0.2, -0.15) is 5.10 Å². The quantitative estimate of drug-likeness (QED) is 0.878. The van der Waals surface area contributed by atoms with Crippen molar-refractivity contribution in [3.8, 4) is 0 Å². The van der Waals surface area contributed by atoms with Gasteiger partial charge in [-0.1, -0.05) is 0 Å². The summed E-state index contributed by atoms with van der Waals surface area (Å²) in [5, 5.41) is 10.1. The molecule has 0 aromatic carbocycles. The fourth-order valence-corrected chi connectivity index (χ4v) is 1.82. The van der Waals surface area contributed by atoms with Gasteiger partial charge in [0.2, 0.25) is 0 Å². The van der Waals surface area contributed by atoms with Crippen molar-refractivity contribution in [2.24, 2.45) is 7.05 Å². The van der Waals surface area contributed by atoms with Crippen LogP contribution >= 0.6 is 0 Å². The van der Waals surface area contributed by atoms with Crippen LogP contribution in [0.15, 0.2) is 23.2 Å². The molecule has 0 saturated heterocycles. The number of aromatic nitrogens is 3. The molecule has 8 heteroatoms. The van der Waals surface area contributed by atoms with Gasteiger partial charge < -0.3 is 14.5 Å². The molecule has 22 heavy (non-hydrogen) atoms. The molecule has 0 aliphatic heterocycles. The van der Waals surface area contributed by atoms with Gasteiger partial charge in [0.15, 0.2) is 6.39 Å². The molecule has 0 saturated carbocycles. The van der Waals surface area contributed by atoms with Crippen molar-refractivity contribution in [3.63, 3.8) is 0 Å². The van der Waals surface area contributed by atoms with E-state index < -0.39 is 11.7 Å². The molecule has 0 bridgehead atoms. The van der Waals surface area contributed by atoms with E-state index in [9.17, 15) is 4.79 Å². The van der Waals surface area contributed by atoms with Crippen molar-refractivity contribution < 1.29 is 13.9 Å². The molecule has 8 nitrogen and oxygen atoms in total. The zero-order valence-electron chi connectivity index (χ0n) is 13.2. The molecule has 2 heterocycles. The van der Waals surface area contributed by atoms with Gasteiger partial charge in [-0.05, 0) is 20.8 Å². The number of carbonyl (C=O) groups excluding carboxylic acids is 1. The molecule has 0 atom stereocenters. The van der Waals surface area contributed by atoms with Crippen molar-refractivity contribution in [3.05, 3.63) is 30.1 Å². The Balaban J connectivity index is 1.94. The van der Waals surface area contributed by atoms with E-state index in [1.165, 1.54) is 6.39 Å². The lowest BCUT2D eigenvalue weighted by molar-refractivity contribution is 0.0634.